The minimum absolute atomic E-state index is 0.0305. The highest BCUT2D eigenvalue weighted by atomic mass is 16.6. The Morgan fingerprint density at radius 1 is 1.12 bits per heavy atom. The summed E-state index contributed by atoms with van der Waals surface area (Å²) in [6.07, 6.45) is 4.05. The van der Waals surface area contributed by atoms with Crippen LogP contribution >= 0.6 is 0 Å². The zero-order valence-corrected chi connectivity index (χ0v) is 15.4. The molecule has 2 aliphatic heterocycles. The molecule has 7 nitrogen and oxygen atoms in total. The van der Waals surface area contributed by atoms with Crippen molar-refractivity contribution in [2.45, 2.75) is 51.6 Å². The molecular weight excluding hydrogens is 332 g/mol. The highest BCUT2D eigenvalue weighted by molar-refractivity contribution is 5.99. The lowest BCUT2D eigenvalue weighted by molar-refractivity contribution is -0.143. The van der Waals surface area contributed by atoms with Crippen molar-refractivity contribution >= 4 is 17.7 Å². The van der Waals surface area contributed by atoms with Crippen molar-refractivity contribution < 1.29 is 14.3 Å². The molecule has 3 heterocycles. The summed E-state index contributed by atoms with van der Waals surface area (Å²) in [4.78, 5) is 37.5. The average molecular weight is 358 g/mol. The Bertz CT molecular complexity index is 758. The van der Waals surface area contributed by atoms with Crippen molar-refractivity contribution in [1.29, 1.82) is 0 Å². The number of carbonyl (C=O) groups excluding carboxylic acids is 2. The largest absolute Gasteiger partial charge is 0.462 e. The molecule has 2 aliphatic carbocycles. The van der Waals surface area contributed by atoms with Crippen LogP contribution in [0.1, 0.15) is 61.8 Å². The lowest BCUT2D eigenvalue weighted by atomic mass is 9.79. The molecule has 5 unspecified atom stereocenters. The van der Waals surface area contributed by atoms with Crippen molar-refractivity contribution in [2.75, 3.05) is 24.7 Å². The Hall–Kier alpha value is -2.05. The number of H-pyrrole nitrogens is 1. The number of carbonyl (C=O) groups is 2. The van der Waals surface area contributed by atoms with Crippen LogP contribution in [0.4, 0.5) is 5.82 Å². The highest BCUT2D eigenvalue weighted by Crippen LogP contribution is 2.61. The molecule has 1 saturated heterocycles. The Labute approximate surface area is 153 Å². The van der Waals surface area contributed by atoms with Gasteiger partial charge >= 0.3 is 5.97 Å². The highest BCUT2D eigenvalue weighted by Gasteiger charge is 2.63. The molecule has 1 N–H and O–H groups in total. The minimum Gasteiger partial charge on any atom is -0.462 e. The van der Waals surface area contributed by atoms with E-state index in [4.69, 9.17) is 9.72 Å². The Kier molecular flexibility index (Phi) is 3.56. The molecule has 0 spiro atoms. The van der Waals surface area contributed by atoms with Crippen LogP contribution in [0.2, 0.25) is 0 Å². The molecule has 0 radical (unpaired) electrons. The lowest BCUT2D eigenvalue weighted by Gasteiger charge is -2.35. The van der Waals surface area contributed by atoms with Crippen LogP contribution in [0.25, 0.3) is 0 Å². The fourth-order valence-corrected chi connectivity index (χ4v) is 5.68. The first-order valence-electron chi connectivity index (χ1n) is 9.97. The third kappa shape index (κ3) is 2.09. The molecule has 3 fully saturated rings. The van der Waals surface area contributed by atoms with Crippen LogP contribution in [-0.2, 0) is 9.53 Å². The van der Waals surface area contributed by atoms with E-state index >= 15 is 0 Å². The fraction of sp³-hybridized carbons (Fsp3) is 0.737. The standard InChI is InChI=1S/C19H26N4O3/c1-3-5-22-9-23(6-4-2)18(24)15-17(22)21-16(20-15)13-10-7-11-12(8-10)26-19(25)14(11)13/h10-14H,3-9H2,1-2H3,(H,20,21). The smallest absolute Gasteiger partial charge is 0.310 e. The van der Waals surface area contributed by atoms with Gasteiger partial charge in [-0.25, -0.2) is 4.98 Å². The number of ether oxygens (including phenoxy) is 1. The minimum atomic E-state index is -0.0761. The molecule has 0 aromatic carbocycles. The summed E-state index contributed by atoms with van der Waals surface area (Å²) in [5, 5.41) is 0. The number of nitrogens with one attached hydrogen (secondary N) is 1. The lowest BCUT2D eigenvalue weighted by Crippen LogP contribution is -2.47. The molecular formula is C19H26N4O3. The summed E-state index contributed by atoms with van der Waals surface area (Å²) in [6.45, 7) is 6.44. The van der Waals surface area contributed by atoms with Gasteiger partial charge in [-0.3, -0.25) is 9.59 Å². The number of rotatable bonds is 5. The summed E-state index contributed by atoms with van der Waals surface area (Å²) in [6, 6.07) is 0. The van der Waals surface area contributed by atoms with Crippen LogP contribution in [0, 0.1) is 17.8 Å². The van der Waals surface area contributed by atoms with Gasteiger partial charge in [0.05, 0.1) is 12.6 Å². The maximum atomic E-state index is 12.9. The number of hydrogen-bond donors (Lipinski definition) is 1. The summed E-state index contributed by atoms with van der Waals surface area (Å²) < 4.78 is 5.56. The molecule has 1 aromatic heterocycles. The van der Waals surface area contributed by atoms with Gasteiger partial charge in [0.2, 0.25) is 0 Å². The molecule has 140 valence electrons. The first-order chi connectivity index (χ1) is 12.6. The average Bonchev–Trinajstić information content (AvgIpc) is 3.33. The van der Waals surface area contributed by atoms with Crippen LogP contribution in [0.15, 0.2) is 0 Å². The van der Waals surface area contributed by atoms with Gasteiger partial charge in [0.1, 0.15) is 17.6 Å². The summed E-state index contributed by atoms with van der Waals surface area (Å²) in [7, 11) is 0. The molecule has 2 bridgehead atoms. The van der Waals surface area contributed by atoms with Gasteiger partial charge in [0, 0.05) is 24.9 Å². The van der Waals surface area contributed by atoms with Gasteiger partial charge in [-0.1, -0.05) is 13.8 Å². The predicted octanol–water partition coefficient (Wildman–Crippen LogP) is 2.11. The zero-order valence-electron chi connectivity index (χ0n) is 15.4. The summed E-state index contributed by atoms with van der Waals surface area (Å²) >= 11 is 0. The number of esters is 1. The molecule has 1 amide bonds. The zero-order chi connectivity index (χ0) is 18.0. The monoisotopic (exact) mass is 358 g/mol. The van der Waals surface area contributed by atoms with Gasteiger partial charge in [0.25, 0.3) is 5.91 Å². The SMILES string of the molecule is CCCN1CN(CCC)c2nc(C3C4CC5OC(=O)C3C5C4)[nH]c2C1=O. The quantitative estimate of drug-likeness (QED) is 0.816. The maximum absolute atomic E-state index is 12.9. The van der Waals surface area contributed by atoms with E-state index < -0.39 is 0 Å². The van der Waals surface area contributed by atoms with E-state index in [1.165, 1.54) is 0 Å². The first-order valence-corrected chi connectivity index (χ1v) is 9.97. The van der Waals surface area contributed by atoms with Crippen molar-refractivity contribution in [3.8, 4) is 0 Å². The van der Waals surface area contributed by atoms with Gasteiger partial charge in [-0.2, -0.15) is 0 Å². The Morgan fingerprint density at radius 3 is 2.65 bits per heavy atom. The van der Waals surface area contributed by atoms with E-state index in [-0.39, 0.29) is 29.8 Å². The van der Waals surface area contributed by atoms with E-state index in [2.05, 4.69) is 23.7 Å². The number of amides is 1. The van der Waals surface area contributed by atoms with Gasteiger partial charge in [0.15, 0.2) is 5.82 Å². The number of nitrogens with zero attached hydrogens (tertiary/aromatic N) is 3. The fourth-order valence-electron chi connectivity index (χ4n) is 5.68. The maximum Gasteiger partial charge on any atom is 0.310 e. The number of hydrogen-bond acceptors (Lipinski definition) is 5. The topological polar surface area (TPSA) is 78.5 Å². The predicted molar refractivity (Wildman–Crippen MR) is 94.7 cm³/mol. The number of anilines is 1. The van der Waals surface area contributed by atoms with Crippen molar-refractivity contribution in [3.05, 3.63) is 11.5 Å². The summed E-state index contributed by atoms with van der Waals surface area (Å²) in [5.74, 6) is 2.34. The number of imidazole rings is 1. The van der Waals surface area contributed by atoms with Crippen molar-refractivity contribution in [2.24, 2.45) is 17.8 Å². The molecule has 4 aliphatic rings. The van der Waals surface area contributed by atoms with Crippen LogP contribution < -0.4 is 4.90 Å². The third-order valence-electron chi connectivity index (χ3n) is 6.63. The van der Waals surface area contributed by atoms with Crippen molar-refractivity contribution in [3.63, 3.8) is 0 Å². The molecule has 26 heavy (non-hydrogen) atoms. The van der Waals surface area contributed by atoms with Crippen LogP contribution in [-0.4, -0.2) is 52.6 Å². The van der Waals surface area contributed by atoms with Crippen LogP contribution in [0.5, 0.6) is 0 Å². The Morgan fingerprint density at radius 2 is 1.88 bits per heavy atom. The normalized spacial score (nSPS) is 34.6. The van der Waals surface area contributed by atoms with Crippen LogP contribution in [0.3, 0.4) is 0 Å². The number of aromatic amines is 1. The van der Waals surface area contributed by atoms with E-state index in [1.807, 2.05) is 4.90 Å². The molecule has 1 aromatic rings. The second-order valence-corrected chi connectivity index (χ2v) is 8.22. The van der Waals surface area contributed by atoms with Gasteiger partial charge in [-0.05, 0) is 31.6 Å². The third-order valence-corrected chi connectivity index (χ3v) is 6.63. The number of aromatic nitrogens is 2. The van der Waals surface area contributed by atoms with E-state index in [0.717, 1.165) is 50.4 Å². The molecule has 7 heteroatoms. The second kappa shape index (κ2) is 5.72. The van der Waals surface area contributed by atoms with E-state index in [1.54, 1.807) is 0 Å². The Balaban J connectivity index is 1.51. The van der Waals surface area contributed by atoms with E-state index in [0.29, 0.717) is 24.2 Å². The first kappa shape index (κ1) is 16.1. The molecule has 5 rings (SSSR count). The van der Waals surface area contributed by atoms with Gasteiger partial charge < -0.3 is 19.5 Å². The second-order valence-electron chi connectivity index (χ2n) is 8.22. The van der Waals surface area contributed by atoms with E-state index in [9.17, 15) is 9.59 Å². The van der Waals surface area contributed by atoms with Gasteiger partial charge in [-0.15, -0.1) is 0 Å². The number of fused-ring (bicyclic) bond motifs is 2. The molecule has 2 saturated carbocycles. The van der Waals surface area contributed by atoms with Crippen molar-refractivity contribution in [1.82, 2.24) is 14.9 Å². The molecule has 5 atom stereocenters. The summed E-state index contributed by atoms with van der Waals surface area (Å²) in [5.41, 5.74) is 0.596.